The van der Waals surface area contributed by atoms with Crippen LogP contribution in [0.1, 0.15) is 5.69 Å². The number of nitrogens with zero attached hydrogens (tertiary/aromatic N) is 2. The van der Waals surface area contributed by atoms with Gasteiger partial charge in [-0.15, -0.1) is 11.3 Å². The number of nitro benzene ring substituents is 1. The fraction of sp³-hybridized carbons (Fsp3) is 0.0588. The molecule has 0 radical (unpaired) electrons. The summed E-state index contributed by atoms with van der Waals surface area (Å²) in [5, 5.41) is 15.1. The van der Waals surface area contributed by atoms with Gasteiger partial charge in [0.25, 0.3) is 15.7 Å². The fourth-order valence-electron chi connectivity index (χ4n) is 2.31. The number of anilines is 2. The lowest BCUT2D eigenvalue weighted by atomic mass is 10.2. The molecule has 3 rings (SSSR count). The van der Waals surface area contributed by atoms with Crippen molar-refractivity contribution in [1.29, 1.82) is 0 Å². The predicted molar refractivity (Wildman–Crippen MR) is 105 cm³/mol. The number of hydrogen-bond donors (Lipinski definition) is 2. The van der Waals surface area contributed by atoms with Crippen LogP contribution in [0.5, 0.6) is 0 Å². The molecular formula is C17H14N4O5S2. The van der Waals surface area contributed by atoms with Gasteiger partial charge in [0, 0.05) is 11.4 Å². The second-order valence-corrected chi connectivity index (χ2v) is 8.10. The van der Waals surface area contributed by atoms with E-state index in [9.17, 15) is 23.3 Å². The number of carbonyl (C=O) groups excluding carboxylic acids is 1. The molecule has 0 unspecified atom stereocenters. The smallest absolute Gasteiger partial charge is 0.292 e. The van der Waals surface area contributed by atoms with E-state index in [1.54, 1.807) is 29.6 Å². The Hall–Kier alpha value is -3.31. The summed E-state index contributed by atoms with van der Waals surface area (Å²) in [7, 11) is -3.77. The summed E-state index contributed by atoms with van der Waals surface area (Å²) < 4.78 is 26.9. The van der Waals surface area contributed by atoms with Gasteiger partial charge in [0.15, 0.2) is 5.13 Å². The predicted octanol–water partition coefficient (Wildman–Crippen LogP) is 3.03. The van der Waals surface area contributed by atoms with Crippen molar-refractivity contribution in [3.05, 3.63) is 75.8 Å². The maximum Gasteiger partial charge on any atom is 0.292 e. The van der Waals surface area contributed by atoms with E-state index < -0.39 is 20.9 Å². The number of para-hydroxylation sites is 2. The van der Waals surface area contributed by atoms with Crippen LogP contribution in [0.15, 0.2) is 64.9 Å². The third-order valence-electron chi connectivity index (χ3n) is 3.54. The summed E-state index contributed by atoms with van der Waals surface area (Å²) >= 11 is 1.04. The van der Waals surface area contributed by atoms with Crippen LogP contribution >= 0.6 is 11.3 Å². The molecule has 2 aromatic carbocycles. The first-order valence-corrected chi connectivity index (χ1v) is 10.3. The Kier molecular flexibility index (Phi) is 5.66. The van der Waals surface area contributed by atoms with Gasteiger partial charge >= 0.3 is 0 Å². The number of sulfonamides is 1. The minimum atomic E-state index is -3.77. The van der Waals surface area contributed by atoms with E-state index in [1.165, 1.54) is 30.3 Å². The van der Waals surface area contributed by atoms with Crippen molar-refractivity contribution in [3.63, 3.8) is 0 Å². The van der Waals surface area contributed by atoms with Gasteiger partial charge in [0.2, 0.25) is 5.91 Å². The van der Waals surface area contributed by atoms with E-state index >= 15 is 0 Å². The number of nitro groups is 1. The molecule has 1 aromatic heterocycles. The van der Waals surface area contributed by atoms with Crippen LogP contribution in [0.2, 0.25) is 0 Å². The van der Waals surface area contributed by atoms with Crippen LogP contribution in [0.4, 0.5) is 16.5 Å². The maximum absolute atomic E-state index is 12.3. The standard InChI is InChI=1S/C17H14N4O5S2/c22-16(19-14-8-4-5-9-15(14)21(23)24)10-12-11-27-17(18-12)20-28(25,26)13-6-2-1-3-7-13/h1-9,11H,10H2,(H,18,20)(H,19,22). The molecule has 28 heavy (non-hydrogen) atoms. The molecule has 2 N–H and O–H groups in total. The molecule has 1 amide bonds. The van der Waals surface area contributed by atoms with Crippen LogP contribution in [0.3, 0.4) is 0 Å². The zero-order chi connectivity index (χ0) is 20.1. The van der Waals surface area contributed by atoms with E-state index in [-0.39, 0.29) is 27.8 Å². The highest BCUT2D eigenvalue weighted by atomic mass is 32.2. The summed E-state index contributed by atoms with van der Waals surface area (Å²) in [6, 6.07) is 13.6. The second kappa shape index (κ2) is 8.15. The molecule has 0 saturated carbocycles. The molecule has 0 aliphatic rings. The van der Waals surface area contributed by atoms with Gasteiger partial charge < -0.3 is 5.32 Å². The summed E-state index contributed by atoms with van der Waals surface area (Å²) in [6.45, 7) is 0. The van der Waals surface area contributed by atoms with Crippen molar-refractivity contribution in [2.45, 2.75) is 11.3 Å². The first-order valence-electron chi connectivity index (χ1n) is 7.91. The van der Waals surface area contributed by atoms with Gasteiger partial charge in [-0.2, -0.15) is 0 Å². The molecule has 0 spiro atoms. The average molecular weight is 418 g/mol. The Morgan fingerprint density at radius 2 is 1.79 bits per heavy atom. The summed E-state index contributed by atoms with van der Waals surface area (Å²) in [5.41, 5.74) is 0.204. The average Bonchev–Trinajstić information content (AvgIpc) is 3.08. The lowest BCUT2D eigenvalue weighted by molar-refractivity contribution is -0.383. The van der Waals surface area contributed by atoms with Crippen molar-refractivity contribution in [2.24, 2.45) is 0 Å². The number of carbonyl (C=O) groups is 1. The van der Waals surface area contributed by atoms with Crippen molar-refractivity contribution in [3.8, 4) is 0 Å². The Morgan fingerprint density at radius 3 is 2.50 bits per heavy atom. The van der Waals surface area contributed by atoms with E-state index in [1.807, 2.05) is 0 Å². The molecular weight excluding hydrogens is 404 g/mol. The van der Waals surface area contributed by atoms with Crippen LogP contribution < -0.4 is 10.0 Å². The molecule has 0 aliphatic heterocycles. The van der Waals surface area contributed by atoms with E-state index in [0.717, 1.165) is 11.3 Å². The molecule has 1 heterocycles. The zero-order valence-corrected chi connectivity index (χ0v) is 15.9. The normalized spacial score (nSPS) is 11.0. The maximum atomic E-state index is 12.3. The molecule has 0 aliphatic carbocycles. The third kappa shape index (κ3) is 4.69. The number of hydrogen-bond acceptors (Lipinski definition) is 7. The summed E-state index contributed by atoms with van der Waals surface area (Å²) in [5.74, 6) is -0.503. The monoisotopic (exact) mass is 418 g/mol. The van der Waals surface area contributed by atoms with E-state index in [2.05, 4.69) is 15.0 Å². The Labute approximate surface area is 164 Å². The van der Waals surface area contributed by atoms with Gasteiger partial charge in [0.1, 0.15) is 5.69 Å². The zero-order valence-electron chi connectivity index (χ0n) is 14.2. The van der Waals surface area contributed by atoms with Crippen molar-refractivity contribution in [1.82, 2.24) is 4.98 Å². The highest BCUT2D eigenvalue weighted by Crippen LogP contribution is 2.24. The number of aromatic nitrogens is 1. The molecule has 0 atom stereocenters. The fourth-order valence-corrected chi connectivity index (χ4v) is 4.29. The number of benzene rings is 2. The molecule has 0 fully saturated rings. The van der Waals surface area contributed by atoms with Gasteiger partial charge in [-0.05, 0) is 18.2 Å². The largest absolute Gasteiger partial charge is 0.320 e. The van der Waals surface area contributed by atoms with E-state index in [4.69, 9.17) is 0 Å². The molecule has 9 nitrogen and oxygen atoms in total. The summed E-state index contributed by atoms with van der Waals surface area (Å²) in [4.78, 5) is 26.8. The van der Waals surface area contributed by atoms with Crippen molar-refractivity contribution in [2.75, 3.05) is 10.0 Å². The molecule has 11 heteroatoms. The van der Waals surface area contributed by atoms with Crippen LogP contribution in [-0.4, -0.2) is 24.2 Å². The van der Waals surface area contributed by atoms with Crippen molar-refractivity contribution >= 4 is 43.8 Å². The van der Waals surface area contributed by atoms with E-state index in [0.29, 0.717) is 5.69 Å². The summed E-state index contributed by atoms with van der Waals surface area (Å²) in [6.07, 6.45) is -0.157. The molecule has 3 aromatic rings. The van der Waals surface area contributed by atoms with Gasteiger partial charge in [-0.3, -0.25) is 19.6 Å². The first-order chi connectivity index (χ1) is 13.3. The van der Waals surface area contributed by atoms with Gasteiger partial charge in [-0.25, -0.2) is 13.4 Å². The number of nitrogens with one attached hydrogen (secondary N) is 2. The van der Waals surface area contributed by atoms with Crippen LogP contribution in [0, 0.1) is 10.1 Å². The SMILES string of the molecule is O=C(Cc1csc(NS(=O)(=O)c2ccccc2)n1)Nc1ccccc1[N+](=O)[O-]. The lowest BCUT2D eigenvalue weighted by Crippen LogP contribution is -2.16. The Morgan fingerprint density at radius 1 is 1.11 bits per heavy atom. The van der Waals surface area contributed by atoms with Crippen LogP contribution in [0.25, 0.3) is 0 Å². The minimum absolute atomic E-state index is 0.0812. The number of rotatable bonds is 7. The highest BCUT2D eigenvalue weighted by molar-refractivity contribution is 7.93. The van der Waals surface area contributed by atoms with Gasteiger partial charge in [-0.1, -0.05) is 30.3 Å². The van der Waals surface area contributed by atoms with Gasteiger partial charge in [0.05, 0.1) is 21.9 Å². The van der Waals surface area contributed by atoms with Crippen molar-refractivity contribution < 1.29 is 18.1 Å². The second-order valence-electron chi connectivity index (χ2n) is 5.56. The number of amides is 1. The topological polar surface area (TPSA) is 131 Å². The lowest BCUT2D eigenvalue weighted by Gasteiger charge is -2.05. The molecule has 0 bridgehead atoms. The Balaban J connectivity index is 1.67. The highest BCUT2D eigenvalue weighted by Gasteiger charge is 2.18. The third-order valence-corrected chi connectivity index (χ3v) is 5.83. The van der Waals surface area contributed by atoms with Crippen LogP contribution in [-0.2, 0) is 21.2 Å². The molecule has 144 valence electrons. The quantitative estimate of drug-likeness (QED) is 0.448. The minimum Gasteiger partial charge on any atom is -0.320 e. The number of thiazole rings is 1. The molecule has 0 saturated heterocycles. The Bertz CT molecular complexity index is 1110. The first kappa shape index (κ1) is 19.5.